The first-order valence-corrected chi connectivity index (χ1v) is 8.82. The van der Waals surface area contributed by atoms with E-state index in [-0.39, 0.29) is 29.1 Å². The Hall–Kier alpha value is -1.14. The maximum Gasteiger partial charge on any atom is 0.668 e. The lowest BCUT2D eigenvalue weighted by atomic mass is 10.3. The van der Waals surface area contributed by atoms with Crippen molar-refractivity contribution in [3.63, 3.8) is 0 Å². The van der Waals surface area contributed by atoms with Crippen LogP contribution in [0.1, 0.15) is 48.5 Å². The Labute approximate surface area is 150 Å². The van der Waals surface area contributed by atoms with Crippen LogP contribution in [0.4, 0.5) is 0 Å². The molecule has 0 spiro atoms. The number of nitrogens with one attached hydrogen (secondary N) is 1. The van der Waals surface area contributed by atoms with Gasteiger partial charge in [0.25, 0.3) is 0 Å². The van der Waals surface area contributed by atoms with Gasteiger partial charge in [0, 0.05) is 19.1 Å². The summed E-state index contributed by atoms with van der Waals surface area (Å²) in [5, 5.41) is 2.16. The van der Waals surface area contributed by atoms with E-state index >= 15 is 0 Å². The maximum atomic E-state index is 11.3. The zero-order chi connectivity index (χ0) is 19.1. The van der Waals surface area contributed by atoms with E-state index in [1.165, 1.54) is 6.92 Å². The third-order valence-corrected chi connectivity index (χ3v) is 3.36. The average molecular weight is 362 g/mol. The zero-order valence-electron chi connectivity index (χ0n) is 15.6. The summed E-state index contributed by atoms with van der Waals surface area (Å²) in [7, 11) is 0. The lowest BCUT2D eigenvalue weighted by Gasteiger charge is -2.14. The first-order chi connectivity index (χ1) is 11.1. The van der Waals surface area contributed by atoms with E-state index in [0.717, 1.165) is 0 Å². The number of ether oxygens (including phenoxy) is 2. The number of carbonyl (C=O) groups excluding carboxylic acids is 3. The summed E-state index contributed by atoms with van der Waals surface area (Å²) < 4.78 is 19.7. The lowest BCUT2D eigenvalue weighted by Crippen LogP contribution is -2.47. The summed E-state index contributed by atoms with van der Waals surface area (Å²) in [5.41, 5.74) is 0. The maximum absolute atomic E-state index is 11.3. The quantitative estimate of drug-likeness (QED) is 0.371. The van der Waals surface area contributed by atoms with E-state index < -0.39 is 23.9 Å². The van der Waals surface area contributed by atoms with Crippen molar-refractivity contribution in [1.29, 1.82) is 0 Å². The molecule has 24 heavy (non-hydrogen) atoms. The molecule has 0 aromatic carbocycles. The van der Waals surface area contributed by atoms with Crippen molar-refractivity contribution in [2.45, 2.75) is 66.7 Å². The second-order valence-electron chi connectivity index (χ2n) is 5.10. The topological polar surface area (TPSA) is 100 Å². The van der Waals surface area contributed by atoms with Gasteiger partial charge in [0.15, 0.2) is 0 Å². The Balaban J connectivity index is 0. The van der Waals surface area contributed by atoms with Crippen LogP contribution in [0.15, 0.2) is 0 Å². The van der Waals surface area contributed by atoms with E-state index in [9.17, 15) is 14.4 Å². The van der Waals surface area contributed by atoms with Gasteiger partial charge in [-0.3, -0.25) is 4.79 Å². The van der Waals surface area contributed by atoms with Gasteiger partial charge in [0.05, 0.1) is 13.2 Å². The molecule has 0 bridgehead atoms. The fourth-order valence-corrected chi connectivity index (χ4v) is 1.63. The highest BCUT2D eigenvalue weighted by molar-refractivity contribution is 6.18. The zero-order valence-corrected chi connectivity index (χ0v) is 16.7. The molecule has 0 aliphatic carbocycles. The van der Waals surface area contributed by atoms with Crippen molar-refractivity contribution in [2.75, 3.05) is 13.2 Å². The van der Waals surface area contributed by atoms with Crippen LogP contribution in [-0.2, 0) is 31.4 Å². The Morgan fingerprint density at radius 1 is 0.875 bits per heavy atom. The molecule has 0 aliphatic rings. The lowest BCUT2D eigenvalue weighted by molar-refractivity contribution is -0.159. The van der Waals surface area contributed by atoms with E-state index in [2.05, 4.69) is 14.8 Å². The summed E-state index contributed by atoms with van der Waals surface area (Å²) in [4.78, 5) is 33.3. The van der Waals surface area contributed by atoms with E-state index in [1.807, 2.05) is 27.7 Å². The minimum absolute atomic E-state index is 0.133. The van der Waals surface area contributed by atoms with E-state index in [1.54, 1.807) is 13.8 Å². The molecule has 139 valence electrons. The SMILES string of the molecule is CC(C)[O][Al][O]C(C)C.CCOC(=O)C(NC(C)=O)C(=O)OCC. The highest BCUT2D eigenvalue weighted by Gasteiger charge is 2.30. The van der Waals surface area contributed by atoms with Crippen LogP contribution < -0.4 is 5.32 Å². The summed E-state index contributed by atoms with van der Waals surface area (Å²) >= 11 is -0.245. The summed E-state index contributed by atoms with van der Waals surface area (Å²) in [5.74, 6) is -2.13. The molecule has 0 saturated heterocycles. The fourth-order valence-electron chi connectivity index (χ4n) is 1.12. The molecular weight excluding hydrogens is 333 g/mol. The molecule has 0 aromatic heterocycles. The largest absolute Gasteiger partial charge is 0.668 e. The van der Waals surface area contributed by atoms with Gasteiger partial charge in [-0.1, -0.05) is 0 Å². The second kappa shape index (κ2) is 15.4. The Kier molecular flexibility index (Phi) is 16.1. The van der Waals surface area contributed by atoms with Crippen LogP contribution in [0.5, 0.6) is 0 Å². The first-order valence-electron chi connectivity index (χ1n) is 7.88. The minimum Gasteiger partial charge on any atom is -0.482 e. The van der Waals surface area contributed by atoms with Crippen LogP contribution in [0.25, 0.3) is 0 Å². The average Bonchev–Trinajstić information content (AvgIpc) is 2.44. The molecule has 9 heteroatoms. The van der Waals surface area contributed by atoms with Crippen molar-refractivity contribution in [3.8, 4) is 0 Å². The van der Waals surface area contributed by atoms with E-state index in [4.69, 9.17) is 7.58 Å². The molecule has 0 saturated carbocycles. The molecule has 0 unspecified atom stereocenters. The van der Waals surface area contributed by atoms with Crippen molar-refractivity contribution in [2.24, 2.45) is 0 Å². The smallest absolute Gasteiger partial charge is 0.482 e. The number of carbonyl (C=O) groups is 3. The monoisotopic (exact) mass is 362 g/mol. The van der Waals surface area contributed by atoms with Gasteiger partial charge in [-0.25, -0.2) is 9.59 Å². The molecule has 0 rings (SSSR count). The van der Waals surface area contributed by atoms with Gasteiger partial charge in [-0.05, 0) is 41.5 Å². The van der Waals surface area contributed by atoms with E-state index in [0.29, 0.717) is 12.2 Å². The predicted octanol–water partition coefficient (Wildman–Crippen LogP) is 0.988. The normalized spacial score (nSPS) is 10.1. The van der Waals surface area contributed by atoms with Crippen LogP contribution in [0, 0.1) is 0 Å². The number of hydrogen-bond acceptors (Lipinski definition) is 7. The van der Waals surface area contributed by atoms with Crippen molar-refractivity contribution in [1.82, 2.24) is 5.32 Å². The number of amides is 1. The Bertz CT molecular complexity index is 349. The van der Waals surface area contributed by atoms with Gasteiger partial charge in [-0.15, -0.1) is 0 Å². The third-order valence-electron chi connectivity index (χ3n) is 2.05. The Morgan fingerprint density at radius 3 is 1.50 bits per heavy atom. The summed E-state index contributed by atoms with van der Waals surface area (Å²) in [6.45, 7) is 12.7. The first kappa shape index (κ1) is 25.1. The number of rotatable bonds is 9. The highest BCUT2D eigenvalue weighted by Crippen LogP contribution is 1.94. The van der Waals surface area contributed by atoms with Crippen LogP contribution in [-0.4, -0.2) is 65.2 Å². The van der Waals surface area contributed by atoms with Gasteiger partial charge in [0.1, 0.15) is 0 Å². The van der Waals surface area contributed by atoms with Gasteiger partial charge >= 0.3 is 27.8 Å². The fraction of sp³-hybridized carbons (Fsp3) is 0.800. The van der Waals surface area contributed by atoms with Crippen LogP contribution >= 0.6 is 0 Å². The number of esters is 2. The van der Waals surface area contributed by atoms with Crippen LogP contribution in [0.2, 0.25) is 0 Å². The molecular formula is C15H29AlNO7. The molecule has 1 radical (unpaired) electrons. The van der Waals surface area contributed by atoms with Gasteiger partial charge in [-0.2, -0.15) is 0 Å². The third kappa shape index (κ3) is 15.7. The standard InChI is InChI=1S/C9H15NO5.2C3H7O.Al/c1-4-14-8(12)7(10-6(3)11)9(13)15-5-2;2*1-3(2)4;/h7H,4-5H2,1-3H3,(H,10,11);2*3H,1-2H3;/q;2*-1;+2. The van der Waals surface area contributed by atoms with Crippen molar-refractivity contribution in [3.05, 3.63) is 0 Å². The second-order valence-corrected chi connectivity index (χ2v) is 5.84. The molecule has 0 heterocycles. The predicted molar refractivity (Wildman–Crippen MR) is 89.1 cm³/mol. The molecule has 0 fully saturated rings. The molecule has 0 atom stereocenters. The van der Waals surface area contributed by atoms with Gasteiger partial charge in [0.2, 0.25) is 11.9 Å². The summed E-state index contributed by atoms with van der Waals surface area (Å²) in [6, 6.07) is -1.37. The number of hydrogen-bond donors (Lipinski definition) is 1. The molecule has 1 N–H and O–H groups in total. The van der Waals surface area contributed by atoms with Crippen molar-refractivity contribution < 1.29 is 31.4 Å². The highest BCUT2D eigenvalue weighted by atomic mass is 27.2. The van der Waals surface area contributed by atoms with Crippen molar-refractivity contribution >= 4 is 33.7 Å². The molecule has 0 aromatic rings. The minimum atomic E-state index is -1.37. The Morgan fingerprint density at radius 2 is 1.25 bits per heavy atom. The van der Waals surface area contributed by atoms with Gasteiger partial charge < -0.3 is 22.4 Å². The van der Waals surface area contributed by atoms with Crippen LogP contribution in [0.3, 0.4) is 0 Å². The molecule has 8 nitrogen and oxygen atoms in total. The molecule has 0 aliphatic heterocycles. The summed E-state index contributed by atoms with van der Waals surface area (Å²) in [6.07, 6.45) is 0.609. The molecule has 1 amide bonds.